The van der Waals surface area contributed by atoms with Crippen LogP contribution >= 0.6 is 11.6 Å². The summed E-state index contributed by atoms with van der Waals surface area (Å²) in [5.41, 5.74) is -0.648. The number of rotatable bonds is 2. The highest BCUT2D eigenvalue weighted by atomic mass is 35.5. The van der Waals surface area contributed by atoms with Gasteiger partial charge in [-0.1, -0.05) is 22.6 Å². The minimum absolute atomic E-state index is 0.0228. The fraction of sp³-hybridized carbons (Fsp3) is 0.250. The second-order valence-corrected chi connectivity index (χ2v) is 7.46. The molecule has 0 bridgehead atoms. The van der Waals surface area contributed by atoms with Gasteiger partial charge in [0.15, 0.2) is 0 Å². The van der Waals surface area contributed by atoms with Crippen molar-refractivity contribution in [2.75, 3.05) is 36.0 Å². The van der Waals surface area contributed by atoms with E-state index in [1.165, 1.54) is 24.3 Å². The number of benzene rings is 2. The number of alkyl halides is 3. The Bertz CT molecular complexity index is 1260. The van der Waals surface area contributed by atoms with Crippen LogP contribution in [0.15, 0.2) is 42.5 Å². The summed E-state index contributed by atoms with van der Waals surface area (Å²) < 4.78 is 39.9. The monoisotopic (exact) mass is 449 g/mol. The van der Waals surface area contributed by atoms with Crippen LogP contribution in [0.5, 0.6) is 0 Å². The van der Waals surface area contributed by atoms with Crippen molar-refractivity contribution in [1.82, 2.24) is 4.73 Å². The molecule has 0 spiro atoms. The van der Waals surface area contributed by atoms with Gasteiger partial charge in [0.2, 0.25) is 11.2 Å². The Morgan fingerprint density at radius 2 is 1.74 bits per heavy atom. The average Bonchev–Trinajstić information content (AvgIpc) is 2.75. The Hall–Kier alpha value is -3.45. The molecule has 2 heterocycles. The molecular formula is C20H15ClF3N5O2. The number of anilines is 2. The van der Waals surface area contributed by atoms with Gasteiger partial charge in [-0.2, -0.15) is 18.4 Å². The smallest absolute Gasteiger partial charge is 0.416 e. The molecule has 1 aliphatic heterocycles. The summed E-state index contributed by atoms with van der Waals surface area (Å²) in [5.74, 6) is -0.0870. The quantitative estimate of drug-likeness (QED) is 0.556. The summed E-state index contributed by atoms with van der Waals surface area (Å²) in [7, 11) is 0. The first-order valence-corrected chi connectivity index (χ1v) is 9.64. The largest absolute Gasteiger partial charge is 0.804 e. The van der Waals surface area contributed by atoms with Crippen molar-refractivity contribution < 1.29 is 17.6 Å². The Kier molecular flexibility index (Phi) is 5.15. The first kappa shape index (κ1) is 20.8. The lowest BCUT2D eigenvalue weighted by Gasteiger charge is -2.33. The van der Waals surface area contributed by atoms with Gasteiger partial charge in [-0.3, -0.25) is 4.90 Å². The van der Waals surface area contributed by atoms with Gasteiger partial charge in [-0.25, -0.2) is 0 Å². The molecule has 1 aromatic heterocycles. The third-order valence-electron chi connectivity index (χ3n) is 5.21. The summed E-state index contributed by atoms with van der Waals surface area (Å²) >= 11 is 5.91. The Morgan fingerprint density at radius 3 is 2.39 bits per heavy atom. The van der Waals surface area contributed by atoms with Crippen LogP contribution in [0.25, 0.3) is 11.0 Å². The molecule has 0 amide bonds. The zero-order chi connectivity index (χ0) is 22.3. The Balaban J connectivity index is 1.66. The molecule has 4 rings (SSSR count). The van der Waals surface area contributed by atoms with E-state index in [1.54, 1.807) is 21.9 Å². The zero-order valence-electron chi connectivity index (χ0n) is 15.9. The molecule has 3 aromatic rings. The Labute approximate surface area is 179 Å². The lowest BCUT2D eigenvalue weighted by Crippen LogP contribution is -2.49. The highest BCUT2D eigenvalue weighted by molar-refractivity contribution is 6.31. The summed E-state index contributed by atoms with van der Waals surface area (Å²) in [6.07, 6.45) is -4.44. The van der Waals surface area contributed by atoms with E-state index in [9.17, 15) is 28.5 Å². The Morgan fingerprint density at radius 1 is 1.06 bits per heavy atom. The van der Waals surface area contributed by atoms with Gasteiger partial charge in [0.25, 0.3) is 0 Å². The van der Waals surface area contributed by atoms with E-state index >= 15 is 0 Å². The number of hydrogen-bond acceptors (Lipinski definition) is 5. The molecule has 7 nitrogen and oxygen atoms in total. The van der Waals surface area contributed by atoms with Crippen LogP contribution < -0.4 is 14.2 Å². The molecule has 0 saturated carbocycles. The molecule has 1 fully saturated rings. The third-order valence-corrected chi connectivity index (χ3v) is 5.44. The van der Waals surface area contributed by atoms with Gasteiger partial charge in [0, 0.05) is 15.1 Å². The van der Waals surface area contributed by atoms with E-state index in [-0.39, 0.29) is 40.7 Å². The van der Waals surface area contributed by atoms with Gasteiger partial charge in [-0.05, 0) is 36.4 Å². The van der Waals surface area contributed by atoms with Crippen molar-refractivity contribution in [3.05, 3.63) is 68.9 Å². The molecule has 0 N–H and O–H groups in total. The van der Waals surface area contributed by atoms with Gasteiger partial charge in [0.05, 0.1) is 24.2 Å². The van der Waals surface area contributed by atoms with E-state index in [0.29, 0.717) is 27.9 Å². The van der Waals surface area contributed by atoms with Crippen molar-refractivity contribution >= 4 is 34.1 Å². The molecule has 2 aromatic carbocycles. The standard InChI is InChI=1S/C20H15ClF3N5O2/c21-14-4-5-16-17(11-14)28(30)18(12-25)19(29(16)31)27-8-6-26(7-9-27)15-3-1-2-13(10-15)20(22,23)24/h1-5,10-11H,6-9H2. The third kappa shape index (κ3) is 3.72. The fourth-order valence-corrected chi connectivity index (χ4v) is 3.85. The second-order valence-electron chi connectivity index (χ2n) is 7.03. The summed E-state index contributed by atoms with van der Waals surface area (Å²) in [5, 5.41) is 22.5. The number of nitrogens with zero attached hydrogens (tertiary/aromatic N) is 5. The maximum absolute atomic E-state index is 13.0. The van der Waals surface area contributed by atoms with E-state index in [2.05, 4.69) is 0 Å². The molecular weight excluding hydrogens is 435 g/mol. The van der Waals surface area contributed by atoms with Crippen LogP contribution in [-0.2, 0) is 6.18 Å². The summed E-state index contributed by atoms with van der Waals surface area (Å²) in [6, 6.07) is 11.0. The zero-order valence-corrected chi connectivity index (χ0v) is 16.7. The van der Waals surface area contributed by atoms with Crippen molar-refractivity contribution in [1.29, 1.82) is 5.26 Å². The minimum atomic E-state index is -4.44. The van der Waals surface area contributed by atoms with Crippen LogP contribution in [0.2, 0.25) is 5.02 Å². The SMILES string of the molecule is N#Cc1c(N2CCN(c3cccc(C(F)(F)F)c3)CC2)[n+](=O)c2ccc(Cl)cc2n1[O-]. The van der Waals surface area contributed by atoms with Crippen LogP contribution in [0.4, 0.5) is 24.7 Å². The summed E-state index contributed by atoms with van der Waals surface area (Å²) in [6.45, 7) is 1.10. The van der Waals surface area contributed by atoms with E-state index in [0.717, 1.165) is 12.1 Å². The molecule has 160 valence electrons. The number of aromatic nitrogens is 2. The van der Waals surface area contributed by atoms with Crippen molar-refractivity contribution in [2.45, 2.75) is 6.18 Å². The molecule has 0 atom stereocenters. The highest BCUT2D eigenvalue weighted by Crippen LogP contribution is 2.32. The average molecular weight is 450 g/mol. The maximum atomic E-state index is 13.0. The van der Waals surface area contributed by atoms with Crippen molar-refractivity contribution in [3.8, 4) is 6.07 Å². The first-order chi connectivity index (χ1) is 14.7. The predicted molar refractivity (Wildman–Crippen MR) is 110 cm³/mol. The predicted octanol–water partition coefficient (Wildman–Crippen LogP) is 3.77. The molecule has 0 aliphatic carbocycles. The number of fused-ring (bicyclic) bond motifs is 1. The number of piperazine rings is 1. The lowest BCUT2D eigenvalue weighted by molar-refractivity contribution is -0.451. The van der Waals surface area contributed by atoms with Crippen LogP contribution in [0.3, 0.4) is 0 Å². The van der Waals surface area contributed by atoms with Crippen LogP contribution in [0, 0.1) is 21.4 Å². The summed E-state index contributed by atoms with van der Waals surface area (Å²) in [4.78, 5) is 16.3. The first-order valence-electron chi connectivity index (χ1n) is 9.26. The van der Waals surface area contributed by atoms with Crippen LogP contribution in [0.1, 0.15) is 11.3 Å². The molecule has 1 aliphatic rings. The molecule has 0 unspecified atom stereocenters. The van der Waals surface area contributed by atoms with E-state index in [4.69, 9.17) is 11.6 Å². The number of hydrogen-bond donors (Lipinski definition) is 0. The normalized spacial score (nSPS) is 14.7. The lowest BCUT2D eigenvalue weighted by atomic mass is 10.1. The van der Waals surface area contributed by atoms with E-state index < -0.39 is 11.7 Å². The number of halogens is 4. The van der Waals surface area contributed by atoms with Gasteiger partial charge >= 0.3 is 12.0 Å². The molecule has 31 heavy (non-hydrogen) atoms. The topological polar surface area (TPSA) is 81.2 Å². The van der Waals surface area contributed by atoms with Gasteiger partial charge in [-0.15, -0.1) is 0 Å². The highest BCUT2D eigenvalue weighted by Gasteiger charge is 2.33. The molecule has 0 radical (unpaired) electrons. The molecule has 1 saturated heterocycles. The minimum Gasteiger partial charge on any atom is -0.804 e. The van der Waals surface area contributed by atoms with E-state index in [1.807, 2.05) is 0 Å². The van der Waals surface area contributed by atoms with Crippen molar-refractivity contribution in [3.63, 3.8) is 0 Å². The number of nitriles is 1. The molecule has 11 heteroatoms. The van der Waals surface area contributed by atoms with Crippen LogP contribution in [-0.4, -0.2) is 30.9 Å². The van der Waals surface area contributed by atoms with Gasteiger partial charge < -0.3 is 14.8 Å². The van der Waals surface area contributed by atoms with Crippen molar-refractivity contribution in [2.24, 2.45) is 0 Å². The van der Waals surface area contributed by atoms with Gasteiger partial charge in [0.1, 0.15) is 19.2 Å². The maximum Gasteiger partial charge on any atom is 0.416 e. The fourth-order valence-electron chi connectivity index (χ4n) is 3.68. The second kappa shape index (κ2) is 7.67.